The van der Waals surface area contributed by atoms with Crippen molar-refractivity contribution >= 4 is 29.2 Å². The third-order valence-corrected chi connectivity index (χ3v) is 9.24. The molecule has 9 nitrogen and oxygen atoms in total. The third kappa shape index (κ3) is 4.08. The summed E-state index contributed by atoms with van der Waals surface area (Å²) in [6.45, 7) is 11.8. The molecule has 2 fully saturated rings. The molecule has 2 saturated heterocycles. The van der Waals surface area contributed by atoms with Crippen molar-refractivity contribution in [1.82, 2.24) is 4.90 Å². The topological polar surface area (TPSA) is 99.6 Å². The molecular weight excluding hydrogens is 510 g/mol. The van der Waals surface area contributed by atoms with Crippen molar-refractivity contribution in [3.63, 3.8) is 0 Å². The van der Waals surface area contributed by atoms with E-state index in [1.165, 1.54) is 4.90 Å². The lowest BCUT2D eigenvalue weighted by Gasteiger charge is -2.41. The van der Waals surface area contributed by atoms with Crippen LogP contribution in [0.4, 0.5) is 11.4 Å². The van der Waals surface area contributed by atoms with Crippen molar-refractivity contribution < 1.29 is 29.0 Å². The van der Waals surface area contributed by atoms with E-state index in [1.54, 1.807) is 11.0 Å². The fourth-order valence-corrected chi connectivity index (χ4v) is 7.18. The zero-order valence-electron chi connectivity index (χ0n) is 24.1. The smallest absolute Gasteiger partial charge is 0.313 e. The molecule has 0 radical (unpaired) electrons. The van der Waals surface area contributed by atoms with Crippen molar-refractivity contribution in [1.29, 1.82) is 0 Å². The van der Waals surface area contributed by atoms with Gasteiger partial charge in [0.25, 0.3) is 5.91 Å². The molecule has 2 amide bonds. The fourth-order valence-electron chi connectivity index (χ4n) is 7.18. The Balaban J connectivity index is 1.63. The van der Waals surface area contributed by atoms with Gasteiger partial charge in [-0.1, -0.05) is 39.0 Å². The van der Waals surface area contributed by atoms with Crippen LogP contribution in [-0.4, -0.2) is 83.9 Å². The normalized spacial score (nSPS) is 32.0. The largest absolute Gasteiger partial charge is 0.461 e. The van der Waals surface area contributed by atoms with Crippen LogP contribution in [0.3, 0.4) is 0 Å². The Hall–Kier alpha value is -3.17. The number of aliphatic hydroxyl groups excluding tert-OH is 1. The quantitative estimate of drug-likeness (QED) is 0.392. The van der Waals surface area contributed by atoms with E-state index in [1.807, 2.05) is 63.3 Å². The Morgan fingerprint density at radius 3 is 2.30 bits per heavy atom. The molecule has 216 valence electrons. The van der Waals surface area contributed by atoms with E-state index in [0.717, 1.165) is 18.8 Å². The van der Waals surface area contributed by atoms with E-state index in [2.05, 4.69) is 18.7 Å². The summed E-state index contributed by atoms with van der Waals surface area (Å²) in [5.74, 6) is -3.14. The van der Waals surface area contributed by atoms with Crippen LogP contribution >= 0.6 is 0 Å². The number of aliphatic hydroxyl groups is 1. The summed E-state index contributed by atoms with van der Waals surface area (Å²) in [5, 5.41) is 10.4. The lowest BCUT2D eigenvalue weighted by molar-refractivity contribution is -0.159. The molecule has 5 rings (SSSR count). The molecule has 1 aromatic carbocycles. The summed E-state index contributed by atoms with van der Waals surface area (Å²) in [5.41, 5.74) is -0.681. The van der Waals surface area contributed by atoms with Gasteiger partial charge >= 0.3 is 5.97 Å². The van der Waals surface area contributed by atoms with E-state index < -0.39 is 41.1 Å². The average molecular weight is 552 g/mol. The molecule has 1 spiro atoms. The first-order valence-electron chi connectivity index (χ1n) is 14.5. The number of carbonyl (C=O) groups excluding carboxylic acids is 3. The number of benzene rings is 1. The zero-order valence-corrected chi connectivity index (χ0v) is 24.1. The molecule has 0 aliphatic carbocycles. The summed E-state index contributed by atoms with van der Waals surface area (Å²) >= 11 is 0. The minimum atomic E-state index is -1.38. The van der Waals surface area contributed by atoms with Crippen LogP contribution < -0.4 is 9.80 Å². The molecule has 9 heteroatoms. The number of esters is 1. The molecule has 0 saturated carbocycles. The predicted molar refractivity (Wildman–Crippen MR) is 152 cm³/mol. The SMILES string of the molecule is CCN(CC)c1ccc(N2CC=C[C@]34O[C@]5(CC)C=CCOC(=O)[C@@H]5[C@H]3C(=O)N([C@@H](CO)C(C)C)C4C2=O)cc1. The van der Waals surface area contributed by atoms with E-state index in [0.29, 0.717) is 12.1 Å². The molecule has 6 atom stereocenters. The lowest BCUT2D eigenvalue weighted by atomic mass is 9.73. The molecular formula is C31H41N3O6. The highest BCUT2D eigenvalue weighted by molar-refractivity contribution is 6.06. The molecule has 0 bridgehead atoms. The first-order chi connectivity index (χ1) is 19.2. The van der Waals surface area contributed by atoms with Crippen molar-refractivity contribution in [2.45, 2.75) is 64.3 Å². The van der Waals surface area contributed by atoms with E-state index in [4.69, 9.17) is 9.47 Å². The number of hydrogen-bond donors (Lipinski definition) is 1. The van der Waals surface area contributed by atoms with Crippen LogP contribution in [-0.2, 0) is 23.9 Å². The second kappa shape index (κ2) is 10.7. The number of ether oxygens (including phenoxy) is 2. The molecule has 1 unspecified atom stereocenters. The van der Waals surface area contributed by atoms with Crippen molar-refractivity contribution in [3.05, 3.63) is 48.6 Å². The van der Waals surface area contributed by atoms with Crippen molar-refractivity contribution in [2.24, 2.45) is 17.8 Å². The number of nitrogens with zero attached hydrogens (tertiary/aromatic N) is 3. The van der Waals surface area contributed by atoms with Gasteiger partial charge in [-0.2, -0.15) is 0 Å². The van der Waals surface area contributed by atoms with Crippen LogP contribution in [0, 0.1) is 17.8 Å². The Morgan fingerprint density at radius 1 is 1.00 bits per heavy atom. The number of carbonyl (C=O) groups is 3. The van der Waals surface area contributed by atoms with Crippen LogP contribution in [0.25, 0.3) is 0 Å². The maximum absolute atomic E-state index is 14.6. The minimum Gasteiger partial charge on any atom is -0.461 e. The van der Waals surface area contributed by atoms with Gasteiger partial charge in [-0.15, -0.1) is 0 Å². The monoisotopic (exact) mass is 551 g/mol. The Morgan fingerprint density at radius 2 is 1.70 bits per heavy atom. The number of amides is 2. The van der Waals surface area contributed by atoms with Gasteiger partial charge in [0, 0.05) is 31.0 Å². The highest BCUT2D eigenvalue weighted by Crippen LogP contribution is 2.59. The fraction of sp³-hybridized carbons (Fsp3) is 0.581. The van der Waals surface area contributed by atoms with Gasteiger partial charge in [0.05, 0.1) is 18.6 Å². The van der Waals surface area contributed by atoms with Gasteiger partial charge in [0.1, 0.15) is 29.8 Å². The highest BCUT2D eigenvalue weighted by Gasteiger charge is 2.76. The second-order valence-electron chi connectivity index (χ2n) is 11.4. The Kier molecular flexibility index (Phi) is 7.56. The molecule has 1 N–H and O–H groups in total. The molecule has 4 heterocycles. The van der Waals surface area contributed by atoms with Crippen LogP contribution in [0.2, 0.25) is 0 Å². The maximum atomic E-state index is 14.6. The van der Waals surface area contributed by atoms with E-state index >= 15 is 0 Å². The summed E-state index contributed by atoms with van der Waals surface area (Å²) < 4.78 is 12.4. The Bertz CT molecular complexity index is 1210. The van der Waals surface area contributed by atoms with Gasteiger partial charge in [-0.3, -0.25) is 14.4 Å². The Labute approximate surface area is 236 Å². The number of anilines is 2. The number of rotatable bonds is 8. The molecule has 1 aromatic rings. The second-order valence-corrected chi connectivity index (χ2v) is 11.4. The molecule has 0 aromatic heterocycles. The molecule has 4 aliphatic rings. The highest BCUT2D eigenvalue weighted by atomic mass is 16.6. The third-order valence-electron chi connectivity index (χ3n) is 9.24. The van der Waals surface area contributed by atoms with Gasteiger partial charge in [-0.25, -0.2) is 0 Å². The number of hydrogen-bond acceptors (Lipinski definition) is 7. The van der Waals surface area contributed by atoms with E-state index in [9.17, 15) is 19.5 Å². The summed E-state index contributed by atoms with van der Waals surface area (Å²) in [4.78, 5) is 47.8. The number of cyclic esters (lactones) is 1. The number of likely N-dealkylation sites (tertiary alicyclic amines) is 1. The zero-order chi connectivity index (χ0) is 28.8. The van der Waals surface area contributed by atoms with Crippen LogP contribution in [0.5, 0.6) is 0 Å². The van der Waals surface area contributed by atoms with Crippen LogP contribution in [0.1, 0.15) is 41.0 Å². The number of fused-ring (bicyclic) bond motifs is 2. The standard InChI is InChI=1S/C31H41N3O6/c1-6-30-15-10-18-39-29(38)25(30)24-27(36)34(23(19-35)20(4)5)26-28(37)33(17-9-16-31(24,26)40-30)22-13-11-21(12-14-22)32(7-2)8-3/h9-16,20,23-26,35H,6-8,17-19H2,1-5H3/t23-,24-,25-,26?,30+,31-/m0/s1. The first-order valence-corrected chi connectivity index (χ1v) is 14.5. The van der Waals surface area contributed by atoms with Gasteiger partial charge < -0.3 is 29.3 Å². The van der Waals surface area contributed by atoms with Gasteiger partial charge in [0.2, 0.25) is 5.91 Å². The predicted octanol–water partition coefficient (Wildman–Crippen LogP) is 2.93. The molecule has 40 heavy (non-hydrogen) atoms. The lowest BCUT2D eigenvalue weighted by Crippen LogP contribution is -2.60. The summed E-state index contributed by atoms with van der Waals surface area (Å²) in [6, 6.07) is 6.18. The first kappa shape index (κ1) is 28.4. The average Bonchev–Trinajstić information content (AvgIpc) is 3.22. The molecule has 4 aliphatic heterocycles. The summed E-state index contributed by atoms with van der Waals surface area (Å²) in [6.07, 6.45) is 7.72. The van der Waals surface area contributed by atoms with Crippen molar-refractivity contribution in [2.75, 3.05) is 42.6 Å². The maximum Gasteiger partial charge on any atom is 0.313 e. The van der Waals surface area contributed by atoms with Crippen molar-refractivity contribution in [3.8, 4) is 0 Å². The van der Waals surface area contributed by atoms with E-state index in [-0.39, 0.29) is 37.5 Å². The van der Waals surface area contributed by atoms with Gasteiger partial charge in [-0.05, 0) is 56.5 Å². The van der Waals surface area contributed by atoms with Crippen LogP contribution in [0.15, 0.2) is 48.6 Å². The summed E-state index contributed by atoms with van der Waals surface area (Å²) in [7, 11) is 0. The minimum absolute atomic E-state index is 0.110. The van der Waals surface area contributed by atoms with Gasteiger partial charge in [0.15, 0.2) is 0 Å².